The molecule has 9 nitrogen and oxygen atoms in total. The highest BCUT2D eigenvalue weighted by molar-refractivity contribution is 5.76. The van der Waals surface area contributed by atoms with Gasteiger partial charge in [0.2, 0.25) is 11.9 Å². The number of nitrogens with two attached hydrogens (primary N) is 2. The summed E-state index contributed by atoms with van der Waals surface area (Å²) >= 11 is 0. The van der Waals surface area contributed by atoms with E-state index in [1.165, 1.54) is 6.07 Å². The van der Waals surface area contributed by atoms with Crippen LogP contribution in [0, 0.1) is 11.7 Å². The van der Waals surface area contributed by atoms with Crippen molar-refractivity contribution < 1.29 is 9.23 Å². The number of imidazole rings is 1. The van der Waals surface area contributed by atoms with Crippen molar-refractivity contribution in [2.45, 2.75) is 69.5 Å². The molecule has 0 atom stereocenters. The molecule has 5 rings (SSSR count). The van der Waals surface area contributed by atoms with Crippen LogP contribution in [0.4, 0.5) is 22.0 Å². The SMILES string of the molecule is NOC[C@H]1CC[C@@H](n2c(Nc3ccccc3F)nc3cnc(N[C@H]4CC[C@H](N)CC4)nc32)CC1. The highest BCUT2D eigenvalue weighted by Crippen LogP contribution is 2.37. The average molecular weight is 469 g/mol. The number of aromatic nitrogens is 4. The van der Waals surface area contributed by atoms with Crippen molar-refractivity contribution in [2.24, 2.45) is 17.5 Å². The Morgan fingerprint density at radius 2 is 1.79 bits per heavy atom. The van der Waals surface area contributed by atoms with Gasteiger partial charge in [-0.2, -0.15) is 4.98 Å². The summed E-state index contributed by atoms with van der Waals surface area (Å²) in [4.78, 5) is 19.0. The summed E-state index contributed by atoms with van der Waals surface area (Å²) in [5.74, 6) is 6.59. The van der Waals surface area contributed by atoms with Crippen molar-refractivity contribution in [1.82, 2.24) is 19.5 Å². The van der Waals surface area contributed by atoms with Crippen LogP contribution in [-0.4, -0.2) is 38.2 Å². The third kappa shape index (κ3) is 4.98. The molecule has 34 heavy (non-hydrogen) atoms. The summed E-state index contributed by atoms with van der Waals surface area (Å²) < 4.78 is 16.5. The van der Waals surface area contributed by atoms with Gasteiger partial charge >= 0.3 is 0 Å². The Hall–Kier alpha value is -2.82. The summed E-state index contributed by atoms with van der Waals surface area (Å²) in [6.45, 7) is 0.568. The topological polar surface area (TPSA) is 129 Å². The standard InChI is InChI=1S/C24H33FN8O/c25-19-3-1-2-4-20(19)30-24-31-21-13-28-23(29-17-9-7-16(26)8-10-17)32-22(21)33(24)18-11-5-15(6-12-18)14-34-27/h1-4,13,15-18H,5-12,14,26-27H2,(H,30,31)(H,28,29,32)/t15-,16-,17-,18+. The molecule has 3 aromatic rings. The van der Waals surface area contributed by atoms with Gasteiger partial charge in [-0.05, 0) is 69.4 Å². The summed E-state index contributed by atoms with van der Waals surface area (Å²) in [5.41, 5.74) is 7.87. The normalized spacial score (nSPS) is 25.4. The molecule has 0 radical (unpaired) electrons. The van der Waals surface area contributed by atoms with Gasteiger partial charge in [-0.1, -0.05) is 12.1 Å². The first-order valence-corrected chi connectivity index (χ1v) is 12.2. The van der Waals surface area contributed by atoms with E-state index in [-0.39, 0.29) is 17.9 Å². The number of anilines is 3. The van der Waals surface area contributed by atoms with Gasteiger partial charge in [0.15, 0.2) is 5.65 Å². The minimum Gasteiger partial charge on any atom is -0.351 e. The number of halogens is 1. The summed E-state index contributed by atoms with van der Waals surface area (Å²) in [7, 11) is 0. The monoisotopic (exact) mass is 468 g/mol. The zero-order chi connectivity index (χ0) is 23.5. The number of fused-ring (bicyclic) bond motifs is 1. The minimum absolute atomic E-state index is 0.184. The van der Waals surface area contributed by atoms with Crippen LogP contribution in [0.15, 0.2) is 30.5 Å². The van der Waals surface area contributed by atoms with Crippen LogP contribution in [0.25, 0.3) is 11.2 Å². The van der Waals surface area contributed by atoms with Gasteiger partial charge in [0.1, 0.15) is 11.3 Å². The molecule has 0 aliphatic heterocycles. The number of hydrogen-bond donors (Lipinski definition) is 4. The Kier molecular flexibility index (Phi) is 6.89. The van der Waals surface area contributed by atoms with Gasteiger partial charge in [0, 0.05) is 18.1 Å². The lowest BCUT2D eigenvalue weighted by Gasteiger charge is -2.30. The molecular formula is C24H33FN8O. The van der Waals surface area contributed by atoms with Crippen LogP contribution in [0.3, 0.4) is 0 Å². The molecule has 2 aromatic heterocycles. The molecule has 1 aromatic carbocycles. The van der Waals surface area contributed by atoms with Crippen molar-refractivity contribution in [3.8, 4) is 0 Å². The third-order valence-electron chi connectivity index (χ3n) is 7.17. The number of benzene rings is 1. The Bertz CT molecular complexity index is 1110. The van der Waals surface area contributed by atoms with E-state index < -0.39 is 0 Å². The number of rotatable bonds is 7. The van der Waals surface area contributed by atoms with E-state index in [0.717, 1.165) is 57.0 Å². The summed E-state index contributed by atoms with van der Waals surface area (Å²) in [6, 6.07) is 7.40. The van der Waals surface area contributed by atoms with Crippen LogP contribution in [0.2, 0.25) is 0 Å². The highest BCUT2D eigenvalue weighted by atomic mass is 19.1. The second kappa shape index (κ2) is 10.2. The first-order valence-electron chi connectivity index (χ1n) is 12.2. The maximum Gasteiger partial charge on any atom is 0.224 e. The molecule has 0 saturated heterocycles. The quantitative estimate of drug-likeness (QED) is 0.383. The molecule has 2 aliphatic rings. The Morgan fingerprint density at radius 3 is 2.53 bits per heavy atom. The average Bonchev–Trinajstić information content (AvgIpc) is 3.20. The third-order valence-corrected chi connectivity index (χ3v) is 7.17. The zero-order valence-electron chi connectivity index (χ0n) is 19.3. The van der Waals surface area contributed by atoms with E-state index >= 15 is 0 Å². The van der Waals surface area contributed by atoms with Crippen molar-refractivity contribution in [1.29, 1.82) is 0 Å². The molecule has 10 heteroatoms. The Labute approximate surface area is 198 Å². The predicted octanol–water partition coefficient (Wildman–Crippen LogP) is 4.01. The largest absolute Gasteiger partial charge is 0.351 e. The maximum atomic E-state index is 14.4. The molecule has 0 amide bonds. The van der Waals surface area contributed by atoms with Crippen molar-refractivity contribution >= 4 is 28.7 Å². The molecule has 0 spiro atoms. The molecule has 2 heterocycles. The predicted molar refractivity (Wildman–Crippen MR) is 130 cm³/mol. The second-order valence-corrected chi connectivity index (χ2v) is 9.58. The molecule has 0 unspecified atom stereocenters. The molecule has 182 valence electrons. The van der Waals surface area contributed by atoms with Gasteiger partial charge in [-0.25, -0.2) is 20.3 Å². The summed E-state index contributed by atoms with van der Waals surface area (Å²) in [6.07, 6.45) is 9.66. The lowest BCUT2D eigenvalue weighted by Crippen LogP contribution is -2.33. The van der Waals surface area contributed by atoms with E-state index in [0.29, 0.717) is 41.7 Å². The van der Waals surface area contributed by atoms with Gasteiger partial charge in [-0.15, -0.1) is 0 Å². The molecule has 2 aliphatic carbocycles. The van der Waals surface area contributed by atoms with Gasteiger partial charge in [0.05, 0.1) is 18.5 Å². The van der Waals surface area contributed by atoms with Gasteiger partial charge in [0.25, 0.3) is 0 Å². The first kappa shape index (κ1) is 22.9. The second-order valence-electron chi connectivity index (χ2n) is 9.58. The Balaban J connectivity index is 1.46. The molecule has 0 bridgehead atoms. The fourth-order valence-electron chi connectivity index (χ4n) is 5.23. The van der Waals surface area contributed by atoms with Crippen LogP contribution in [0.5, 0.6) is 0 Å². The van der Waals surface area contributed by atoms with Crippen molar-refractivity contribution in [3.05, 3.63) is 36.3 Å². The van der Waals surface area contributed by atoms with E-state index in [4.69, 9.17) is 26.4 Å². The fraction of sp³-hybridized carbons (Fsp3) is 0.542. The van der Waals surface area contributed by atoms with Crippen molar-refractivity contribution in [3.63, 3.8) is 0 Å². The summed E-state index contributed by atoms with van der Waals surface area (Å²) in [5, 5.41) is 6.69. The van der Waals surface area contributed by atoms with E-state index in [1.807, 2.05) is 0 Å². The minimum atomic E-state index is -0.325. The molecule has 2 fully saturated rings. The lowest BCUT2D eigenvalue weighted by atomic mass is 9.86. The number of para-hydroxylation sites is 1. The Morgan fingerprint density at radius 1 is 1.03 bits per heavy atom. The maximum absolute atomic E-state index is 14.4. The van der Waals surface area contributed by atoms with Crippen molar-refractivity contribution in [2.75, 3.05) is 17.2 Å². The van der Waals surface area contributed by atoms with Crippen LogP contribution in [-0.2, 0) is 4.84 Å². The zero-order valence-corrected chi connectivity index (χ0v) is 19.3. The highest BCUT2D eigenvalue weighted by Gasteiger charge is 2.28. The van der Waals surface area contributed by atoms with E-state index in [1.54, 1.807) is 24.4 Å². The number of nitrogens with one attached hydrogen (secondary N) is 2. The first-order chi connectivity index (χ1) is 16.6. The van der Waals surface area contributed by atoms with Crippen LogP contribution >= 0.6 is 0 Å². The molecular weight excluding hydrogens is 435 g/mol. The van der Waals surface area contributed by atoms with Crippen LogP contribution in [0.1, 0.15) is 57.4 Å². The van der Waals surface area contributed by atoms with E-state index in [9.17, 15) is 4.39 Å². The smallest absolute Gasteiger partial charge is 0.224 e. The van der Waals surface area contributed by atoms with E-state index in [2.05, 4.69) is 20.2 Å². The number of hydrogen-bond acceptors (Lipinski definition) is 8. The lowest BCUT2D eigenvalue weighted by molar-refractivity contribution is 0.0800. The number of nitrogens with zero attached hydrogens (tertiary/aromatic N) is 4. The molecule has 6 N–H and O–H groups in total. The molecule has 2 saturated carbocycles. The van der Waals surface area contributed by atoms with Gasteiger partial charge < -0.3 is 21.2 Å². The van der Waals surface area contributed by atoms with Crippen LogP contribution < -0.4 is 22.3 Å². The van der Waals surface area contributed by atoms with Gasteiger partial charge in [-0.3, -0.25) is 4.57 Å². The fourth-order valence-corrected chi connectivity index (χ4v) is 5.23.